The van der Waals surface area contributed by atoms with Gasteiger partial charge in [-0.25, -0.2) is 0 Å². The third kappa shape index (κ3) is 7.74. The van der Waals surface area contributed by atoms with Crippen LogP contribution in [-0.4, -0.2) is 18.6 Å². The molecule has 0 radical (unpaired) electrons. The van der Waals surface area contributed by atoms with Gasteiger partial charge in [-0.2, -0.15) is 0 Å². The Hall–Kier alpha value is -2.49. The summed E-state index contributed by atoms with van der Waals surface area (Å²) < 4.78 is 11.8. The molecule has 4 heteroatoms. The van der Waals surface area contributed by atoms with Crippen LogP contribution in [0.1, 0.15) is 77.7 Å². The monoisotopic (exact) mass is 411 g/mol. The van der Waals surface area contributed by atoms with Gasteiger partial charge in [-0.15, -0.1) is 0 Å². The molecule has 0 saturated carbocycles. The molecular formula is C26H37NO3. The Morgan fingerprint density at radius 1 is 0.933 bits per heavy atom. The number of hydrogen-bond donors (Lipinski definition) is 1. The number of rotatable bonds is 13. The standard InChI is InChI=1S/C26H37NO3/c1-5-7-8-9-12-19-29-23-17-15-22(16-18-23)27-26(28)21(4)30-25-14-11-10-13-24(25)20(3)6-2/h10-11,13-18,20-21H,5-9,12,19H2,1-4H3,(H,27,28). The highest BCUT2D eigenvalue weighted by Crippen LogP contribution is 2.29. The smallest absolute Gasteiger partial charge is 0.265 e. The Morgan fingerprint density at radius 2 is 1.63 bits per heavy atom. The van der Waals surface area contributed by atoms with Crippen molar-refractivity contribution in [3.8, 4) is 11.5 Å². The first-order valence-electron chi connectivity index (χ1n) is 11.3. The molecule has 164 valence electrons. The van der Waals surface area contributed by atoms with Gasteiger partial charge < -0.3 is 14.8 Å². The highest BCUT2D eigenvalue weighted by molar-refractivity contribution is 5.94. The fourth-order valence-electron chi connectivity index (χ4n) is 3.23. The summed E-state index contributed by atoms with van der Waals surface area (Å²) in [6, 6.07) is 15.5. The van der Waals surface area contributed by atoms with Crippen LogP contribution in [0.4, 0.5) is 5.69 Å². The van der Waals surface area contributed by atoms with Crippen LogP contribution in [0.5, 0.6) is 11.5 Å². The Kier molecular flexibility index (Phi) is 10.3. The summed E-state index contributed by atoms with van der Waals surface area (Å²) in [5, 5.41) is 2.92. The highest BCUT2D eigenvalue weighted by Gasteiger charge is 2.18. The lowest BCUT2D eigenvalue weighted by atomic mass is 9.98. The molecular weight excluding hydrogens is 374 g/mol. The molecule has 0 aromatic heterocycles. The van der Waals surface area contributed by atoms with Gasteiger partial charge in [0.2, 0.25) is 0 Å². The molecule has 0 bridgehead atoms. The molecule has 0 aliphatic carbocycles. The van der Waals surface area contributed by atoms with E-state index in [1.54, 1.807) is 6.92 Å². The molecule has 4 nitrogen and oxygen atoms in total. The molecule has 0 aliphatic heterocycles. The van der Waals surface area contributed by atoms with Gasteiger partial charge in [-0.05, 0) is 61.6 Å². The van der Waals surface area contributed by atoms with Crippen molar-refractivity contribution in [2.75, 3.05) is 11.9 Å². The van der Waals surface area contributed by atoms with Crippen molar-refractivity contribution < 1.29 is 14.3 Å². The van der Waals surface area contributed by atoms with Gasteiger partial charge in [0.15, 0.2) is 6.10 Å². The Balaban J connectivity index is 1.83. The molecule has 0 heterocycles. The summed E-state index contributed by atoms with van der Waals surface area (Å²) in [7, 11) is 0. The average Bonchev–Trinajstić information content (AvgIpc) is 2.77. The minimum absolute atomic E-state index is 0.168. The largest absolute Gasteiger partial charge is 0.494 e. The van der Waals surface area contributed by atoms with Crippen molar-refractivity contribution in [3.63, 3.8) is 0 Å². The summed E-state index contributed by atoms with van der Waals surface area (Å²) in [5.41, 5.74) is 1.87. The molecule has 2 aromatic rings. The SMILES string of the molecule is CCCCCCCOc1ccc(NC(=O)C(C)Oc2ccccc2C(C)CC)cc1. The Labute approximate surface area is 182 Å². The van der Waals surface area contributed by atoms with Crippen molar-refractivity contribution in [2.24, 2.45) is 0 Å². The molecule has 0 saturated heterocycles. The molecule has 2 atom stereocenters. The number of benzene rings is 2. The van der Waals surface area contributed by atoms with Crippen LogP contribution in [-0.2, 0) is 4.79 Å². The van der Waals surface area contributed by atoms with Crippen LogP contribution < -0.4 is 14.8 Å². The molecule has 2 rings (SSSR count). The predicted molar refractivity (Wildman–Crippen MR) is 125 cm³/mol. The van der Waals surface area contributed by atoms with Gasteiger partial charge in [0.25, 0.3) is 5.91 Å². The number of nitrogens with one attached hydrogen (secondary N) is 1. The van der Waals surface area contributed by atoms with E-state index >= 15 is 0 Å². The van der Waals surface area contributed by atoms with Crippen molar-refractivity contribution in [1.29, 1.82) is 0 Å². The maximum absolute atomic E-state index is 12.6. The predicted octanol–water partition coefficient (Wildman–Crippen LogP) is 6.96. The normalized spacial score (nSPS) is 12.8. The molecule has 30 heavy (non-hydrogen) atoms. The summed E-state index contributed by atoms with van der Waals surface area (Å²) in [6.07, 6.45) is 6.53. The maximum Gasteiger partial charge on any atom is 0.265 e. The topological polar surface area (TPSA) is 47.6 Å². The van der Waals surface area contributed by atoms with Crippen LogP contribution in [0, 0.1) is 0 Å². The lowest BCUT2D eigenvalue weighted by Gasteiger charge is -2.19. The third-order valence-electron chi connectivity index (χ3n) is 5.37. The van der Waals surface area contributed by atoms with Gasteiger partial charge in [-0.3, -0.25) is 4.79 Å². The van der Waals surface area contributed by atoms with E-state index in [0.29, 0.717) is 5.92 Å². The number of amides is 1. The summed E-state index contributed by atoms with van der Waals surface area (Å²) in [5.74, 6) is 1.82. The minimum Gasteiger partial charge on any atom is -0.494 e. The minimum atomic E-state index is -0.589. The number of unbranched alkanes of at least 4 members (excludes halogenated alkanes) is 4. The quantitative estimate of drug-likeness (QED) is 0.363. The van der Waals surface area contributed by atoms with Crippen LogP contribution in [0.3, 0.4) is 0 Å². The molecule has 2 aromatic carbocycles. The summed E-state index contributed by atoms with van der Waals surface area (Å²) >= 11 is 0. The van der Waals surface area contributed by atoms with E-state index in [1.807, 2.05) is 42.5 Å². The first kappa shape index (κ1) is 23.8. The molecule has 0 fully saturated rings. The molecule has 1 N–H and O–H groups in total. The second-order valence-electron chi connectivity index (χ2n) is 7.88. The van der Waals surface area contributed by atoms with Crippen LogP contribution in [0.2, 0.25) is 0 Å². The van der Waals surface area contributed by atoms with Gasteiger partial charge >= 0.3 is 0 Å². The molecule has 2 unspecified atom stereocenters. The van der Waals surface area contributed by atoms with E-state index in [9.17, 15) is 4.79 Å². The lowest BCUT2D eigenvalue weighted by Crippen LogP contribution is -2.30. The zero-order valence-electron chi connectivity index (χ0n) is 18.9. The first-order chi connectivity index (χ1) is 14.5. The van der Waals surface area contributed by atoms with Gasteiger partial charge in [0.05, 0.1) is 6.61 Å². The number of anilines is 1. The third-order valence-corrected chi connectivity index (χ3v) is 5.37. The Morgan fingerprint density at radius 3 is 2.33 bits per heavy atom. The lowest BCUT2D eigenvalue weighted by molar-refractivity contribution is -0.122. The number of carbonyl (C=O) groups excluding carboxylic acids is 1. The fraction of sp³-hybridized carbons (Fsp3) is 0.500. The second kappa shape index (κ2) is 12.9. The van der Waals surface area contributed by atoms with E-state index in [2.05, 4.69) is 32.2 Å². The Bertz CT molecular complexity index is 757. The molecule has 0 aliphatic rings. The second-order valence-corrected chi connectivity index (χ2v) is 7.88. The van der Waals surface area contributed by atoms with Gasteiger partial charge in [-0.1, -0.05) is 64.7 Å². The van der Waals surface area contributed by atoms with Gasteiger partial charge in [0.1, 0.15) is 11.5 Å². The number of carbonyl (C=O) groups is 1. The van der Waals surface area contributed by atoms with Crippen LogP contribution in [0.25, 0.3) is 0 Å². The van der Waals surface area contributed by atoms with E-state index < -0.39 is 6.10 Å². The zero-order chi connectivity index (χ0) is 21.8. The van der Waals surface area contributed by atoms with Crippen molar-refractivity contribution in [3.05, 3.63) is 54.1 Å². The van der Waals surface area contributed by atoms with Gasteiger partial charge in [0, 0.05) is 5.69 Å². The molecule has 0 spiro atoms. The van der Waals surface area contributed by atoms with Crippen molar-refractivity contribution >= 4 is 11.6 Å². The number of hydrogen-bond acceptors (Lipinski definition) is 3. The highest BCUT2D eigenvalue weighted by atomic mass is 16.5. The maximum atomic E-state index is 12.6. The van der Waals surface area contributed by atoms with Crippen LogP contribution in [0.15, 0.2) is 48.5 Å². The summed E-state index contributed by atoms with van der Waals surface area (Å²) in [6.45, 7) is 9.04. The van der Waals surface area contributed by atoms with E-state index in [-0.39, 0.29) is 5.91 Å². The first-order valence-corrected chi connectivity index (χ1v) is 11.3. The fourth-order valence-corrected chi connectivity index (χ4v) is 3.23. The van der Waals surface area contributed by atoms with Crippen LogP contribution >= 0.6 is 0 Å². The van der Waals surface area contributed by atoms with E-state index in [1.165, 1.54) is 25.7 Å². The molecule has 1 amide bonds. The number of para-hydroxylation sites is 1. The number of ether oxygens (including phenoxy) is 2. The average molecular weight is 412 g/mol. The van der Waals surface area contributed by atoms with E-state index in [4.69, 9.17) is 9.47 Å². The van der Waals surface area contributed by atoms with Crippen molar-refractivity contribution in [2.45, 2.75) is 78.2 Å². The van der Waals surface area contributed by atoms with E-state index in [0.717, 1.165) is 42.2 Å². The summed E-state index contributed by atoms with van der Waals surface area (Å²) in [4.78, 5) is 12.6. The zero-order valence-corrected chi connectivity index (χ0v) is 18.9. The van der Waals surface area contributed by atoms with Crippen molar-refractivity contribution in [1.82, 2.24) is 0 Å².